The number of aliphatic hydroxyl groups is 2. The summed E-state index contributed by atoms with van der Waals surface area (Å²) in [5.41, 5.74) is 6.16. The van der Waals surface area contributed by atoms with Crippen LogP contribution in [0, 0.1) is 0 Å². The Kier molecular flexibility index (Phi) is 4.06. The fourth-order valence-corrected chi connectivity index (χ4v) is 2.97. The predicted octanol–water partition coefficient (Wildman–Crippen LogP) is -1.86. The summed E-state index contributed by atoms with van der Waals surface area (Å²) in [5, 5.41) is 19.3. The number of hydrogen-bond acceptors (Lipinski definition) is 9. The van der Waals surface area contributed by atoms with E-state index in [4.69, 9.17) is 20.3 Å². The number of anilines is 1. The number of rotatable bonds is 4. The van der Waals surface area contributed by atoms with Gasteiger partial charge in [0.05, 0.1) is 12.9 Å². The quantitative estimate of drug-likeness (QED) is 0.390. The summed E-state index contributed by atoms with van der Waals surface area (Å²) in [6, 6.07) is 0. The Balaban J connectivity index is 2.04. The molecule has 2 aromatic heterocycles. The molecule has 23 heavy (non-hydrogen) atoms. The molecule has 1 aliphatic heterocycles. The second kappa shape index (κ2) is 5.76. The standard InChI is InChI=1S/C10H14N5O7P/c11-8-5-9(13-2-12-8)15(3-14-5)10-7(22-23(18,19)20)6(17)4(1-16)21-10/h2-4,6-7,10,16-17H,1H2,(H2,11,12,13)(H2,18,19,20)/t4-,6?,7+,10-/m1/s1. The van der Waals surface area contributed by atoms with Gasteiger partial charge in [-0.2, -0.15) is 0 Å². The molecule has 4 atom stereocenters. The van der Waals surface area contributed by atoms with Gasteiger partial charge < -0.3 is 30.5 Å². The molecule has 1 aliphatic rings. The van der Waals surface area contributed by atoms with Gasteiger partial charge in [0.15, 0.2) is 17.7 Å². The van der Waals surface area contributed by atoms with Crippen molar-refractivity contribution in [3.63, 3.8) is 0 Å². The molecule has 0 radical (unpaired) electrons. The van der Waals surface area contributed by atoms with Gasteiger partial charge in [-0.25, -0.2) is 19.5 Å². The second-order valence-electron chi connectivity index (χ2n) is 4.88. The first-order valence-corrected chi connectivity index (χ1v) is 7.96. The minimum absolute atomic E-state index is 0.110. The molecule has 1 fully saturated rings. The van der Waals surface area contributed by atoms with Crippen LogP contribution in [0.4, 0.5) is 5.82 Å². The molecular weight excluding hydrogens is 333 g/mol. The molecule has 3 heterocycles. The molecular formula is C10H14N5O7P. The van der Waals surface area contributed by atoms with Crippen LogP contribution in [0.5, 0.6) is 0 Å². The molecule has 12 nitrogen and oxygen atoms in total. The minimum Gasteiger partial charge on any atom is -0.394 e. The van der Waals surface area contributed by atoms with Gasteiger partial charge in [0, 0.05) is 0 Å². The van der Waals surface area contributed by atoms with E-state index in [0.29, 0.717) is 0 Å². The number of fused-ring (bicyclic) bond motifs is 1. The van der Waals surface area contributed by atoms with Crippen LogP contribution >= 0.6 is 7.82 Å². The van der Waals surface area contributed by atoms with E-state index in [2.05, 4.69) is 19.5 Å². The normalized spacial score (nSPS) is 28.5. The Morgan fingerprint density at radius 1 is 1.39 bits per heavy atom. The summed E-state index contributed by atoms with van der Waals surface area (Å²) >= 11 is 0. The van der Waals surface area contributed by atoms with Crippen LogP contribution in [0.3, 0.4) is 0 Å². The summed E-state index contributed by atoms with van der Waals surface area (Å²) in [4.78, 5) is 29.8. The molecule has 6 N–H and O–H groups in total. The highest BCUT2D eigenvalue weighted by atomic mass is 31.2. The maximum Gasteiger partial charge on any atom is 0.470 e. The summed E-state index contributed by atoms with van der Waals surface area (Å²) in [7, 11) is -4.91. The lowest BCUT2D eigenvalue weighted by Crippen LogP contribution is -2.34. The molecule has 1 unspecified atom stereocenters. The van der Waals surface area contributed by atoms with E-state index in [1.165, 1.54) is 17.2 Å². The average Bonchev–Trinajstić information content (AvgIpc) is 3.01. The number of phosphoric acid groups is 1. The molecule has 3 rings (SSSR count). The van der Waals surface area contributed by atoms with Crippen molar-refractivity contribution in [2.75, 3.05) is 12.3 Å². The second-order valence-corrected chi connectivity index (χ2v) is 6.07. The molecule has 0 bridgehead atoms. The number of imidazole rings is 1. The summed E-state index contributed by atoms with van der Waals surface area (Å²) in [6.07, 6.45) is -2.72. The van der Waals surface area contributed by atoms with Crippen molar-refractivity contribution in [3.05, 3.63) is 12.7 Å². The van der Waals surface area contributed by atoms with E-state index in [0.717, 1.165) is 0 Å². The van der Waals surface area contributed by atoms with Gasteiger partial charge in [0.1, 0.15) is 30.2 Å². The molecule has 0 spiro atoms. The lowest BCUT2D eigenvalue weighted by Gasteiger charge is -2.21. The number of ether oxygens (including phenoxy) is 1. The zero-order chi connectivity index (χ0) is 16.8. The molecule has 0 amide bonds. The van der Waals surface area contributed by atoms with Crippen molar-refractivity contribution in [2.24, 2.45) is 0 Å². The van der Waals surface area contributed by atoms with E-state index >= 15 is 0 Å². The van der Waals surface area contributed by atoms with Crippen molar-refractivity contribution in [3.8, 4) is 0 Å². The number of aliphatic hydroxyl groups excluding tert-OH is 2. The average molecular weight is 347 g/mol. The van der Waals surface area contributed by atoms with Crippen molar-refractivity contribution in [1.29, 1.82) is 0 Å². The van der Waals surface area contributed by atoms with Gasteiger partial charge in [-0.05, 0) is 0 Å². The van der Waals surface area contributed by atoms with Crippen molar-refractivity contribution in [1.82, 2.24) is 19.5 Å². The third-order valence-electron chi connectivity index (χ3n) is 3.41. The van der Waals surface area contributed by atoms with Crippen LogP contribution in [-0.4, -0.2) is 64.4 Å². The Labute approximate surface area is 128 Å². The first-order valence-electron chi connectivity index (χ1n) is 6.43. The third-order valence-corrected chi connectivity index (χ3v) is 3.93. The molecule has 0 saturated carbocycles. The lowest BCUT2D eigenvalue weighted by atomic mass is 10.1. The predicted molar refractivity (Wildman–Crippen MR) is 73.7 cm³/mol. The van der Waals surface area contributed by atoms with E-state index in [1.807, 2.05) is 0 Å². The highest BCUT2D eigenvalue weighted by Gasteiger charge is 2.48. The number of nitrogens with zero attached hydrogens (tertiary/aromatic N) is 4. The molecule has 1 saturated heterocycles. The van der Waals surface area contributed by atoms with Gasteiger partial charge in [0.25, 0.3) is 0 Å². The van der Waals surface area contributed by atoms with Crippen LogP contribution in [0.15, 0.2) is 12.7 Å². The van der Waals surface area contributed by atoms with Crippen LogP contribution < -0.4 is 5.73 Å². The Morgan fingerprint density at radius 3 is 2.78 bits per heavy atom. The summed E-state index contributed by atoms with van der Waals surface area (Å²) < 4.78 is 22.5. The van der Waals surface area contributed by atoms with Gasteiger partial charge >= 0.3 is 7.82 Å². The number of hydrogen-bond donors (Lipinski definition) is 5. The van der Waals surface area contributed by atoms with Gasteiger partial charge in [0.2, 0.25) is 0 Å². The number of aromatic nitrogens is 4. The zero-order valence-corrected chi connectivity index (χ0v) is 12.4. The highest BCUT2D eigenvalue weighted by Crippen LogP contribution is 2.45. The van der Waals surface area contributed by atoms with Gasteiger partial charge in [-0.15, -0.1) is 0 Å². The monoisotopic (exact) mass is 347 g/mol. The maximum atomic E-state index is 11.1. The van der Waals surface area contributed by atoms with Gasteiger partial charge in [-0.1, -0.05) is 0 Å². The smallest absolute Gasteiger partial charge is 0.394 e. The van der Waals surface area contributed by atoms with Crippen molar-refractivity contribution < 1.29 is 33.8 Å². The van der Waals surface area contributed by atoms with Gasteiger partial charge in [-0.3, -0.25) is 9.09 Å². The molecule has 2 aromatic rings. The lowest BCUT2D eigenvalue weighted by molar-refractivity contribution is -0.0505. The summed E-state index contributed by atoms with van der Waals surface area (Å²) in [5.74, 6) is 0.110. The van der Waals surface area contributed by atoms with Crippen LogP contribution in [0.2, 0.25) is 0 Å². The first-order chi connectivity index (χ1) is 10.8. The maximum absolute atomic E-state index is 11.1. The van der Waals surface area contributed by atoms with Crippen LogP contribution in [-0.2, 0) is 13.8 Å². The Bertz CT molecular complexity index is 763. The first kappa shape index (κ1) is 16.2. The fraction of sp³-hybridized carbons (Fsp3) is 0.500. The van der Waals surface area contributed by atoms with E-state index in [-0.39, 0.29) is 17.0 Å². The van der Waals surface area contributed by atoms with Crippen LogP contribution in [0.1, 0.15) is 6.23 Å². The molecule has 0 aliphatic carbocycles. The molecule has 0 aromatic carbocycles. The Hall–Kier alpha value is -1.66. The van der Waals surface area contributed by atoms with E-state index in [9.17, 15) is 14.8 Å². The van der Waals surface area contributed by atoms with Crippen molar-refractivity contribution in [2.45, 2.75) is 24.5 Å². The molecule has 126 valence electrons. The number of nitrogens with two attached hydrogens (primary N) is 1. The zero-order valence-electron chi connectivity index (χ0n) is 11.5. The van der Waals surface area contributed by atoms with Crippen molar-refractivity contribution >= 4 is 24.8 Å². The molecule has 13 heteroatoms. The largest absolute Gasteiger partial charge is 0.470 e. The van der Waals surface area contributed by atoms with E-state index in [1.54, 1.807) is 0 Å². The number of nitrogen functional groups attached to an aromatic ring is 1. The number of phosphoric ester groups is 1. The third kappa shape index (κ3) is 2.93. The topological polar surface area (TPSA) is 186 Å². The fourth-order valence-electron chi connectivity index (χ4n) is 2.42. The summed E-state index contributed by atoms with van der Waals surface area (Å²) in [6.45, 7) is -0.567. The highest BCUT2D eigenvalue weighted by molar-refractivity contribution is 7.46. The Morgan fingerprint density at radius 2 is 2.13 bits per heavy atom. The SMILES string of the molecule is Nc1ncnc2c1ncn2[C@@H]1O[C@H](CO)C(O)[C@@H]1OP(=O)(O)O. The minimum atomic E-state index is -4.91. The van der Waals surface area contributed by atoms with Crippen LogP contribution in [0.25, 0.3) is 11.2 Å². The van der Waals surface area contributed by atoms with E-state index < -0.39 is 39.0 Å².